The van der Waals surface area contributed by atoms with Crippen LogP contribution in [-0.4, -0.2) is 45.2 Å². The Balaban J connectivity index is 1.47. The number of nitrogens with zero attached hydrogens (tertiary/aromatic N) is 4. The van der Waals surface area contributed by atoms with Gasteiger partial charge in [-0.1, -0.05) is 12.1 Å². The van der Waals surface area contributed by atoms with Crippen molar-refractivity contribution in [3.05, 3.63) is 72.1 Å². The third-order valence-electron chi connectivity index (χ3n) is 5.17. The molecular formula is C21H23FN4O4S. The van der Waals surface area contributed by atoms with Gasteiger partial charge < -0.3 is 9.84 Å². The fraction of sp³-hybridized carbons (Fsp3) is 0.333. The molecule has 1 saturated carbocycles. The van der Waals surface area contributed by atoms with E-state index in [1.165, 1.54) is 47.0 Å². The third-order valence-corrected chi connectivity index (χ3v) is 7.10. The van der Waals surface area contributed by atoms with Crippen molar-refractivity contribution in [2.24, 2.45) is 7.05 Å². The van der Waals surface area contributed by atoms with Gasteiger partial charge in [-0.25, -0.2) is 17.8 Å². The molecule has 1 N–H and O–H groups in total. The summed E-state index contributed by atoms with van der Waals surface area (Å²) < 4.78 is 48.2. The lowest BCUT2D eigenvalue weighted by atomic mass is 10.1. The van der Waals surface area contributed by atoms with Gasteiger partial charge in [-0.2, -0.15) is 9.40 Å². The highest BCUT2D eigenvalue weighted by molar-refractivity contribution is 7.89. The van der Waals surface area contributed by atoms with Crippen molar-refractivity contribution in [2.45, 2.75) is 36.5 Å². The second kappa shape index (κ2) is 8.74. The Kier molecular flexibility index (Phi) is 6.03. The van der Waals surface area contributed by atoms with E-state index in [-0.39, 0.29) is 24.1 Å². The molecule has 3 aromatic rings. The lowest BCUT2D eigenvalue weighted by Gasteiger charge is -2.25. The van der Waals surface area contributed by atoms with Gasteiger partial charge in [0.05, 0.1) is 11.0 Å². The van der Waals surface area contributed by atoms with Crippen molar-refractivity contribution in [3.8, 4) is 5.75 Å². The molecule has 31 heavy (non-hydrogen) atoms. The zero-order valence-electron chi connectivity index (χ0n) is 16.9. The first-order chi connectivity index (χ1) is 14.8. The average molecular weight is 447 g/mol. The van der Waals surface area contributed by atoms with E-state index in [2.05, 4.69) is 10.1 Å². The van der Waals surface area contributed by atoms with Crippen LogP contribution in [0.3, 0.4) is 0 Å². The molecule has 1 heterocycles. The highest BCUT2D eigenvalue weighted by Crippen LogP contribution is 2.34. The zero-order valence-corrected chi connectivity index (χ0v) is 17.7. The highest BCUT2D eigenvalue weighted by Gasteiger charge is 2.39. The Labute approximate surface area is 180 Å². The van der Waals surface area contributed by atoms with Crippen LogP contribution in [0.25, 0.3) is 0 Å². The van der Waals surface area contributed by atoms with Crippen LogP contribution >= 0.6 is 0 Å². The van der Waals surface area contributed by atoms with Crippen LogP contribution in [-0.2, 0) is 23.7 Å². The predicted molar refractivity (Wildman–Crippen MR) is 110 cm³/mol. The average Bonchev–Trinajstić information content (AvgIpc) is 3.52. The molecule has 0 spiro atoms. The number of aryl methyl sites for hydroxylation is 1. The van der Waals surface area contributed by atoms with Gasteiger partial charge in [0.15, 0.2) is 5.82 Å². The maximum atomic E-state index is 13.2. The lowest BCUT2D eigenvalue weighted by molar-refractivity contribution is 0.145. The minimum atomic E-state index is -3.81. The van der Waals surface area contributed by atoms with E-state index in [0.717, 1.165) is 12.8 Å². The highest BCUT2D eigenvalue weighted by atomic mass is 32.2. The van der Waals surface area contributed by atoms with Crippen molar-refractivity contribution < 1.29 is 22.7 Å². The summed E-state index contributed by atoms with van der Waals surface area (Å²) in [5.74, 6) is 0.738. The molecule has 0 amide bonds. The van der Waals surface area contributed by atoms with E-state index in [1.54, 1.807) is 23.9 Å². The second-order valence-electron chi connectivity index (χ2n) is 7.43. The van der Waals surface area contributed by atoms with E-state index in [9.17, 15) is 17.9 Å². The Hall–Kier alpha value is -2.82. The van der Waals surface area contributed by atoms with Gasteiger partial charge in [0.25, 0.3) is 0 Å². The van der Waals surface area contributed by atoms with Crippen LogP contribution in [0.1, 0.15) is 30.3 Å². The fourth-order valence-electron chi connectivity index (χ4n) is 3.21. The number of hydrogen-bond acceptors (Lipinski definition) is 6. The van der Waals surface area contributed by atoms with Crippen molar-refractivity contribution >= 4 is 10.0 Å². The number of ether oxygens (including phenoxy) is 1. The minimum Gasteiger partial charge on any atom is -0.486 e. The normalized spacial score (nSPS) is 15.2. The summed E-state index contributed by atoms with van der Waals surface area (Å²) in [5.41, 5.74) is 0.467. The molecule has 0 bridgehead atoms. The summed E-state index contributed by atoms with van der Waals surface area (Å²) in [5, 5.41) is 14.5. The van der Waals surface area contributed by atoms with Crippen LogP contribution in [0.15, 0.2) is 59.8 Å². The number of halogens is 1. The lowest BCUT2D eigenvalue weighted by Crippen LogP contribution is -2.36. The third kappa shape index (κ3) is 4.92. The fourth-order valence-corrected chi connectivity index (χ4v) is 4.90. The van der Waals surface area contributed by atoms with Gasteiger partial charge in [0.2, 0.25) is 10.0 Å². The van der Waals surface area contributed by atoms with Gasteiger partial charge in [-0.05, 0) is 54.8 Å². The van der Waals surface area contributed by atoms with Crippen molar-refractivity contribution in [1.82, 2.24) is 19.1 Å². The second-order valence-corrected chi connectivity index (χ2v) is 9.32. The van der Waals surface area contributed by atoms with Gasteiger partial charge >= 0.3 is 0 Å². The number of sulfonamides is 1. The molecule has 0 unspecified atom stereocenters. The molecule has 1 fully saturated rings. The van der Waals surface area contributed by atoms with Crippen LogP contribution < -0.4 is 4.74 Å². The first-order valence-electron chi connectivity index (χ1n) is 9.85. The van der Waals surface area contributed by atoms with Gasteiger partial charge in [-0.15, -0.1) is 0 Å². The molecule has 4 rings (SSSR count). The van der Waals surface area contributed by atoms with E-state index in [4.69, 9.17) is 4.74 Å². The maximum Gasteiger partial charge on any atom is 0.243 e. The van der Waals surface area contributed by atoms with E-state index in [1.807, 2.05) is 0 Å². The van der Waals surface area contributed by atoms with Crippen molar-refractivity contribution in [1.29, 1.82) is 0 Å². The molecule has 1 aromatic heterocycles. The summed E-state index contributed by atoms with van der Waals surface area (Å²) >= 11 is 0. The number of aliphatic hydroxyl groups excluding tert-OH is 1. The topological polar surface area (TPSA) is 97.5 Å². The van der Waals surface area contributed by atoms with Crippen molar-refractivity contribution in [3.63, 3.8) is 0 Å². The van der Waals surface area contributed by atoms with Crippen molar-refractivity contribution in [2.75, 3.05) is 6.54 Å². The van der Waals surface area contributed by atoms with E-state index < -0.39 is 21.9 Å². The zero-order chi connectivity index (χ0) is 22.0. The Bertz CT molecular complexity index is 1130. The molecule has 0 aliphatic heterocycles. The number of aromatic nitrogens is 3. The largest absolute Gasteiger partial charge is 0.486 e. The summed E-state index contributed by atoms with van der Waals surface area (Å²) in [6.07, 6.45) is 1.87. The van der Waals surface area contributed by atoms with E-state index >= 15 is 0 Å². The molecule has 1 aliphatic carbocycles. The molecule has 164 valence electrons. The molecule has 10 heteroatoms. The number of aliphatic hydroxyl groups is 1. The van der Waals surface area contributed by atoms with Crippen LogP contribution in [0.2, 0.25) is 0 Å². The maximum absolute atomic E-state index is 13.2. The number of rotatable bonds is 9. The summed E-state index contributed by atoms with van der Waals surface area (Å²) in [7, 11) is -2.06. The Morgan fingerprint density at radius 3 is 2.45 bits per heavy atom. The van der Waals surface area contributed by atoms with Gasteiger partial charge in [0, 0.05) is 19.6 Å². The molecule has 2 aromatic carbocycles. The number of hydrogen-bond donors (Lipinski definition) is 1. The quantitative estimate of drug-likeness (QED) is 0.542. The minimum absolute atomic E-state index is 0.0942. The van der Waals surface area contributed by atoms with Gasteiger partial charge in [0.1, 0.15) is 24.5 Å². The molecule has 0 radical (unpaired) electrons. The molecule has 8 nitrogen and oxygen atoms in total. The van der Waals surface area contributed by atoms with Crippen LogP contribution in [0, 0.1) is 5.82 Å². The Morgan fingerprint density at radius 1 is 1.19 bits per heavy atom. The molecule has 0 saturated heterocycles. The molecule has 1 aliphatic rings. The molecular weight excluding hydrogens is 423 g/mol. The van der Waals surface area contributed by atoms with Crippen LogP contribution in [0.4, 0.5) is 4.39 Å². The monoisotopic (exact) mass is 446 g/mol. The summed E-state index contributed by atoms with van der Waals surface area (Å²) in [6.45, 7) is 0.115. The summed E-state index contributed by atoms with van der Waals surface area (Å²) in [6, 6.07) is 11.4. The summed E-state index contributed by atoms with van der Waals surface area (Å²) in [4.78, 5) is 4.20. The predicted octanol–water partition coefficient (Wildman–Crippen LogP) is 2.42. The standard InChI is InChI=1S/C21H23FN4O4S/c1-25-21(23-14-24-25)13-30-18-8-10-19(11-9-18)31(28,29)26(17-6-7-17)12-20(27)15-2-4-16(22)5-3-15/h2-5,8-11,14,17,20,27H,6-7,12-13H2,1H3/t20-/m0/s1. The smallest absolute Gasteiger partial charge is 0.243 e. The number of benzene rings is 2. The SMILES string of the molecule is Cn1ncnc1COc1ccc(S(=O)(=O)N(C[C@H](O)c2ccc(F)cc2)C2CC2)cc1. The first-order valence-corrected chi connectivity index (χ1v) is 11.3. The first kappa shape index (κ1) is 21.4. The Morgan fingerprint density at radius 2 is 1.87 bits per heavy atom. The van der Waals surface area contributed by atoms with E-state index in [0.29, 0.717) is 17.1 Å². The molecule has 1 atom stereocenters. The van der Waals surface area contributed by atoms with Gasteiger partial charge in [-0.3, -0.25) is 4.68 Å². The van der Waals surface area contributed by atoms with Crippen LogP contribution in [0.5, 0.6) is 5.75 Å².